The largest absolute Gasteiger partial charge is 0.481 e. The number of carbonyl (C=O) groups is 1. The van der Waals surface area contributed by atoms with Crippen molar-refractivity contribution in [2.24, 2.45) is 11.7 Å². The van der Waals surface area contributed by atoms with Crippen LogP contribution in [0.2, 0.25) is 5.02 Å². The summed E-state index contributed by atoms with van der Waals surface area (Å²) in [6.45, 7) is 3.92. The second-order valence-corrected chi connectivity index (χ2v) is 5.17. The molecule has 0 bridgehead atoms. The maximum absolute atomic E-state index is 11.8. The molecule has 3 N–H and O–H groups in total. The van der Waals surface area contributed by atoms with Gasteiger partial charge in [0.25, 0.3) is 5.91 Å². The number of amides is 1. The number of nitrogens with one attached hydrogen (secondary N) is 1. The highest BCUT2D eigenvalue weighted by atomic mass is 35.5. The van der Waals surface area contributed by atoms with E-state index in [1.54, 1.807) is 31.2 Å². The Morgan fingerprint density at radius 3 is 2.79 bits per heavy atom. The number of ether oxygens (including phenoxy) is 1. The Kier molecular flexibility index (Phi) is 6.05. The Hall–Kier alpha value is -1.33. The van der Waals surface area contributed by atoms with Crippen LogP contribution in [0.4, 0.5) is 0 Å². The van der Waals surface area contributed by atoms with E-state index >= 15 is 0 Å². The molecule has 0 saturated heterocycles. The molecule has 0 aromatic heterocycles. The van der Waals surface area contributed by atoms with Gasteiger partial charge in [-0.3, -0.25) is 4.79 Å². The van der Waals surface area contributed by atoms with Crippen molar-refractivity contribution in [2.45, 2.75) is 20.0 Å². The zero-order valence-electron chi connectivity index (χ0n) is 10.9. The van der Waals surface area contributed by atoms with Crippen molar-refractivity contribution in [3.05, 3.63) is 29.3 Å². The fourth-order valence-electron chi connectivity index (χ4n) is 1.30. The first kappa shape index (κ1) is 15.7. The summed E-state index contributed by atoms with van der Waals surface area (Å²) in [7, 11) is 0. The number of hydrogen-bond acceptors (Lipinski definition) is 3. The summed E-state index contributed by atoms with van der Waals surface area (Å²) in [4.78, 5) is 12.2. The lowest BCUT2D eigenvalue weighted by Gasteiger charge is -2.16. The lowest BCUT2D eigenvalue weighted by Crippen LogP contribution is -2.40. The van der Waals surface area contributed by atoms with Crippen LogP contribution in [-0.2, 0) is 4.79 Å². The Balaban J connectivity index is 2.47. The van der Waals surface area contributed by atoms with Gasteiger partial charge >= 0.3 is 0 Å². The van der Waals surface area contributed by atoms with Crippen molar-refractivity contribution in [3.63, 3.8) is 0 Å². The van der Waals surface area contributed by atoms with E-state index in [1.165, 1.54) is 0 Å². The lowest BCUT2D eigenvalue weighted by atomic mass is 10.2. The van der Waals surface area contributed by atoms with Crippen LogP contribution >= 0.6 is 23.8 Å². The predicted molar refractivity (Wildman–Crippen MR) is 80.5 cm³/mol. The maximum atomic E-state index is 11.8. The van der Waals surface area contributed by atoms with Crippen LogP contribution in [0.1, 0.15) is 13.8 Å². The average Bonchev–Trinajstić information content (AvgIpc) is 2.35. The molecule has 0 aliphatic heterocycles. The number of thiocarbonyl (C=S) groups is 1. The Bertz CT molecular complexity index is 468. The summed E-state index contributed by atoms with van der Waals surface area (Å²) in [6.07, 6.45) is -0.614. The molecule has 0 aliphatic rings. The van der Waals surface area contributed by atoms with Crippen molar-refractivity contribution in [1.29, 1.82) is 0 Å². The van der Waals surface area contributed by atoms with Crippen LogP contribution in [0, 0.1) is 5.92 Å². The first-order chi connectivity index (χ1) is 8.90. The van der Waals surface area contributed by atoms with Crippen molar-refractivity contribution < 1.29 is 9.53 Å². The van der Waals surface area contributed by atoms with Gasteiger partial charge < -0.3 is 15.8 Å². The molecule has 1 aromatic rings. The highest BCUT2D eigenvalue weighted by molar-refractivity contribution is 7.80. The molecule has 2 atom stereocenters. The van der Waals surface area contributed by atoms with Gasteiger partial charge in [0.1, 0.15) is 5.75 Å². The molecule has 104 valence electrons. The minimum absolute atomic E-state index is 0.0441. The molecular formula is C13H17ClN2O2S. The van der Waals surface area contributed by atoms with E-state index in [0.717, 1.165) is 0 Å². The maximum Gasteiger partial charge on any atom is 0.260 e. The van der Waals surface area contributed by atoms with Gasteiger partial charge in [-0.25, -0.2) is 0 Å². The van der Waals surface area contributed by atoms with Gasteiger partial charge in [-0.2, -0.15) is 0 Å². The predicted octanol–water partition coefficient (Wildman–Crippen LogP) is 2.15. The standard InChI is InChI=1S/C13H17ClN2O2S/c1-8(12(15)19)7-16-13(17)9(2)18-11-5-3-4-10(14)6-11/h3-6,8-9H,7H2,1-2H3,(H2,15,19)(H,16,17). The molecule has 0 aliphatic carbocycles. The number of benzene rings is 1. The molecule has 0 saturated carbocycles. The summed E-state index contributed by atoms with van der Waals surface area (Å²) in [5.74, 6) is 0.290. The van der Waals surface area contributed by atoms with Gasteiger partial charge in [-0.1, -0.05) is 36.8 Å². The third kappa shape index (κ3) is 5.44. The lowest BCUT2D eigenvalue weighted by molar-refractivity contribution is -0.127. The molecule has 0 spiro atoms. The average molecular weight is 301 g/mol. The van der Waals surface area contributed by atoms with E-state index in [1.807, 2.05) is 6.92 Å². The molecule has 1 rings (SSSR count). The smallest absolute Gasteiger partial charge is 0.260 e. The van der Waals surface area contributed by atoms with E-state index in [0.29, 0.717) is 22.3 Å². The van der Waals surface area contributed by atoms with Crippen LogP contribution in [0.15, 0.2) is 24.3 Å². The number of halogens is 1. The SMILES string of the molecule is CC(CNC(=O)C(C)Oc1cccc(Cl)c1)C(N)=S. The Morgan fingerprint density at radius 2 is 2.21 bits per heavy atom. The first-order valence-electron chi connectivity index (χ1n) is 5.89. The van der Waals surface area contributed by atoms with E-state index in [4.69, 9.17) is 34.3 Å². The van der Waals surface area contributed by atoms with E-state index in [9.17, 15) is 4.79 Å². The topological polar surface area (TPSA) is 64.3 Å². The van der Waals surface area contributed by atoms with Gasteiger partial charge in [0, 0.05) is 17.5 Å². The number of nitrogens with two attached hydrogens (primary N) is 1. The Labute approximate surface area is 123 Å². The van der Waals surface area contributed by atoms with Crippen molar-refractivity contribution >= 4 is 34.7 Å². The molecule has 4 nitrogen and oxygen atoms in total. The molecule has 0 radical (unpaired) electrons. The van der Waals surface area contributed by atoms with Crippen LogP contribution in [0.25, 0.3) is 0 Å². The quantitative estimate of drug-likeness (QED) is 0.790. The van der Waals surface area contributed by atoms with Gasteiger partial charge in [-0.05, 0) is 25.1 Å². The van der Waals surface area contributed by atoms with E-state index in [2.05, 4.69) is 5.32 Å². The number of rotatable bonds is 6. The van der Waals surface area contributed by atoms with Crippen molar-refractivity contribution in [1.82, 2.24) is 5.32 Å². The minimum atomic E-state index is -0.614. The zero-order valence-corrected chi connectivity index (χ0v) is 12.4. The molecule has 2 unspecified atom stereocenters. The van der Waals surface area contributed by atoms with Crippen LogP contribution in [0.5, 0.6) is 5.75 Å². The highest BCUT2D eigenvalue weighted by Gasteiger charge is 2.16. The zero-order chi connectivity index (χ0) is 14.4. The van der Waals surface area contributed by atoms with Crippen LogP contribution in [-0.4, -0.2) is 23.5 Å². The van der Waals surface area contributed by atoms with E-state index < -0.39 is 6.10 Å². The number of hydrogen-bond donors (Lipinski definition) is 2. The first-order valence-corrected chi connectivity index (χ1v) is 6.68. The summed E-state index contributed by atoms with van der Waals surface area (Å²) in [5.41, 5.74) is 5.47. The third-order valence-corrected chi connectivity index (χ3v) is 3.18. The molecule has 19 heavy (non-hydrogen) atoms. The van der Waals surface area contributed by atoms with Crippen LogP contribution in [0.3, 0.4) is 0 Å². The molecule has 6 heteroatoms. The fraction of sp³-hybridized carbons (Fsp3) is 0.385. The second kappa shape index (κ2) is 7.31. The van der Waals surface area contributed by atoms with E-state index in [-0.39, 0.29) is 11.8 Å². The van der Waals surface area contributed by atoms with Gasteiger partial charge in [0.05, 0.1) is 4.99 Å². The number of carbonyl (C=O) groups excluding carboxylic acids is 1. The monoisotopic (exact) mass is 300 g/mol. The summed E-state index contributed by atoms with van der Waals surface area (Å²) >= 11 is 10.7. The van der Waals surface area contributed by atoms with Crippen molar-refractivity contribution in [3.8, 4) is 5.75 Å². The normalized spacial score (nSPS) is 13.4. The minimum Gasteiger partial charge on any atom is -0.481 e. The van der Waals surface area contributed by atoms with Gasteiger partial charge in [-0.15, -0.1) is 0 Å². The summed E-state index contributed by atoms with van der Waals surface area (Å²) in [5, 5.41) is 3.30. The third-order valence-electron chi connectivity index (χ3n) is 2.55. The second-order valence-electron chi connectivity index (χ2n) is 4.27. The van der Waals surface area contributed by atoms with Gasteiger partial charge in [0.2, 0.25) is 0 Å². The molecule has 0 heterocycles. The summed E-state index contributed by atoms with van der Waals surface area (Å²) in [6, 6.07) is 6.90. The fourth-order valence-corrected chi connectivity index (χ4v) is 1.56. The van der Waals surface area contributed by atoms with Gasteiger partial charge in [0.15, 0.2) is 6.10 Å². The molecule has 0 fully saturated rings. The molecule has 1 amide bonds. The molecule has 1 aromatic carbocycles. The highest BCUT2D eigenvalue weighted by Crippen LogP contribution is 2.18. The Morgan fingerprint density at radius 1 is 1.53 bits per heavy atom. The molecular weight excluding hydrogens is 284 g/mol. The summed E-state index contributed by atoms with van der Waals surface area (Å²) < 4.78 is 5.49. The van der Waals surface area contributed by atoms with Crippen LogP contribution < -0.4 is 15.8 Å². The van der Waals surface area contributed by atoms with Crippen molar-refractivity contribution in [2.75, 3.05) is 6.54 Å².